The maximum atomic E-state index is 14.0. The molecule has 3 heterocycles. The molecule has 2 N–H and O–H groups in total. The lowest BCUT2D eigenvalue weighted by molar-refractivity contribution is 0.612. The van der Waals surface area contributed by atoms with Crippen LogP contribution in [0, 0.1) is 5.82 Å². The van der Waals surface area contributed by atoms with Crippen molar-refractivity contribution in [3.8, 4) is 0 Å². The Hall–Kier alpha value is -3.88. The molecule has 0 bridgehead atoms. The largest absolute Gasteiger partial charge is 0.368 e. The zero-order chi connectivity index (χ0) is 23.5. The molecule has 1 aromatic carbocycles. The maximum Gasteiger partial charge on any atom is 0.166 e. The number of allylic oxidation sites excluding steroid dienone is 3. The van der Waals surface area contributed by atoms with E-state index in [-0.39, 0.29) is 11.9 Å². The molecule has 4 aromatic rings. The Labute approximate surface area is 190 Å². The Kier molecular flexibility index (Phi) is 6.30. The molecular formula is C24H25F2N7. The van der Waals surface area contributed by atoms with E-state index in [0.717, 1.165) is 17.1 Å². The summed E-state index contributed by atoms with van der Waals surface area (Å²) in [4.78, 5) is 20.2. The third kappa shape index (κ3) is 4.52. The molecule has 7 nitrogen and oxygen atoms in total. The molecule has 0 aliphatic carbocycles. The number of para-hydroxylation sites is 1. The quantitative estimate of drug-likeness (QED) is 0.271. The lowest BCUT2D eigenvalue weighted by atomic mass is 10.1. The minimum Gasteiger partial charge on any atom is -0.368 e. The number of anilines is 1. The molecule has 170 valence electrons. The first-order valence-electron chi connectivity index (χ1n) is 10.6. The van der Waals surface area contributed by atoms with Crippen molar-refractivity contribution in [2.24, 2.45) is 4.99 Å². The van der Waals surface area contributed by atoms with Crippen molar-refractivity contribution in [3.05, 3.63) is 66.0 Å². The Morgan fingerprint density at radius 3 is 2.91 bits per heavy atom. The molecule has 9 heteroatoms. The van der Waals surface area contributed by atoms with E-state index in [2.05, 4.69) is 37.0 Å². The molecular weight excluding hydrogens is 424 g/mol. The zero-order valence-corrected chi connectivity index (χ0v) is 18.7. The first-order valence-corrected chi connectivity index (χ1v) is 10.6. The van der Waals surface area contributed by atoms with Gasteiger partial charge in [-0.15, -0.1) is 0 Å². The van der Waals surface area contributed by atoms with Gasteiger partial charge in [0.05, 0.1) is 18.0 Å². The van der Waals surface area contributed by atoms with Gasteiger partial charge in [0.25, 0.3) is 0 Å². The highest BCUT2D eigenvalue weighted by Gasteiger charge is 2.16. The average Bonchev–Trinajstić information content (AvgIpc) is 3.39. The summed E-state index contributed by atoms with van der Waals surface area (Å²) in [5, 5.41) is 4.19. The summed E-state index contributed by atoms with van der Waals surface area (Å²) in [6.07, 6.45) is 6.54. The van der Waals surface area contributed by atoms with Gasteiger partial charge in [0.15, 0.2) is 17.3 Å². The Bertz CT molecular complexity index is 1380. The Morgan fingerprint density at radius 2 is 2.15 bits per heavy atom. The normalized spacial score (nSPS) is 12.8. The van der Waals surface area contributed by atoms with Crippen LogP contribution in [0.25, 0.3) is 27.6 Å². The lowest BCUT2D eigenvalue weighted by Crippen LogP contribution is -2.10. The number of hydrogen-bond acceptors (Lipinski definition) is 5. The molecule has 0 fully saturated rings. The van der Waals surface area contributed by atoms with Crippen LogP contribution in [0.15, 0.2) is 53.8 Å². The van der Waals surface area contributed by atoms with Crippen LogP contribution in [0.2, 0.25) is 0 Å². The second kappa shape index (κ2) is 9.32. The summed E-state index contributed by atoms with van der Waals surface area (Å²) in [5.41, 5.74) is 3.33. The molecule has 0 saturated carbocycles. The van der Waals surface area contributed by atoms with Crippen molar-refractivity contribution in [1.29, 1.82) is 0 Å². The Balaban J connectivity index is 1.66. The highest BCUT2D eigenvalue weighted by Crippen LogP contribution is 2.26. The van der Waals surface area contributed by atoms with E-state index in [4.69, 9.17) is 0 Å². The third-order valence-electron chi connectivity index (χ3n) is 5.34. The number of nitrogens with one attached hydrogen (secondary N) is 2. The number of H-pyrrole nitrogens is 1. The van der Waals surface area contributed by atoms with Gasteiger partial charge in [-0.2, -0.15) is 0 Å². The molecule has 0 aliphatic rings. The molecule has 33 heavy (non-hydrogen) atoms. The van der Waals surface area contributed by atoms with Crippen molar-refractivity contribution in [3.63, 3.8) is 0 Å². The fourth-order valence-electron chi connectivity index (χ4n) is 3.69. The smallest absolute Gasteiger partial charge is 0.166 e. The van der Waals surface area contributed by atoms with E-state index in [1.54, 1.807) is 19.3 Å². The first kappa shape index (κ1) is 22.3. The topological polar surface area (TPSA) is 83.8 Å². The van der Waals surface area contributed by atoms with Crippen molar-refractivity contribution < 1.29 is 8.78 Å². The number of nitrogens with zero attached hydrogens (tertiary/aromatic N) is 5. The van der Waals surface area contributed by atoms with Crippen molar-refractivity contribution >= 4 is 40.2 Å². The number of aromatic nitrogens is 5. The second-order valence-corrected chi connectivity index (χ2v) is 7.99. The summed E-state index contributed by atoms with van der Waals surface area (Å²) >= 11 is 0. The molecule has 0 amide bonds. The number of hydrogen-bond donors (Lipinski definition) is 2. The summed E-state index contributed by atoms with van der Waals surface area (Å²) in [5.74, 6) is 0.126. The SMILES string of the molecule is C=N/C=C(F)\C=C(/C)c1nc(NCCc2c[nH]c3c(F)cccc23)c2ncn(C(C)C)c2n1. The number of rotatable bonds is 8. The number of aromatic amines is 1. The first-order chi connectivity index (χ1) is 15.9. The van der Waals surface area contributed by atoms with E-state index >= 15 is 0 Å². The summed E-state index contributed by atoms with van der Waals surface area (Å²) in [6, 6.07) is 5.16. The molecule has 0 atom stereocenters. The van der Waals surface area contributed by atoms with E-state index in [0.29, 0.717) is 46.9 Å². The van der Waals surface area contributed by atoms with Crippen LogP contribution >= 0.6 is 0 Å². The maximum absolute atomic E-state index is 14.0. The molecule has 3 aromatic heterocycles. The van der Waals surface area contributed by atoms with Gasteiger partial charge in [-0.1, -0.05) is 12.1 Å². The highest BCUT2D eigenvalue weighted by molar-refractivity contribution is 5.85. The molecule has 0 aliphatic heterocycles. The van der Waals surface area contributed by atoms with Gasteiger partial charge in [0.1, 0.15) is 17.2 Å². The van der Waals surface area contributed by atoms with Gasteiger partial charge in [-0.25, -0.2) is 23.7 Å². The van der Waals surface area contributed by atoms with Crippen LogP contribution < -0.4 is 5.32 Å². The molecule has 0 spiro atoms. The second-order valence-electron chi connectivity index (χ2n) is 7.99. The van der Waals surface area contributed by atoms with Crippen LogP contribution in [-0.2, 0) is 6.42 Å². The fraction of sp³-hybridized carbons (Fsp3) is 0.250. The van der Waals surface area contributed by atoms with Crippen LogP contribution in [0.4, 0.5) is 14.6 Å². The predicted molar refractivity (Wildman–Crippen MR) is 129 cm³/mol. The van der Waals surface area contributed by atoms with Crippen LogP contribution in [0.1, 0.15) is 38.2 Å². The zero-order valence-electron chi connectivity index (χ0n) is 18.7. The fourth-order valence-corrected chi connectivity index (χ4v) is 3.69. The van der Waals surface area contributed by atoms with Gasteiger partial charge in [-0.05, 0) is 57.2 Å². The van der Waals surface area contributed by atoms with Crippen molar-refractivity contribution in [2.45, 2.75) is 33.2 Å². The van der Waals surface area contributed by atoms with Crippen LogP contribution in [0.3, 0.4) is 0 Å². The number of imidazole rings is 1. The Morgan fingerprint density at radius 1 is 1.33 bits per heavy atom. The van der Waals surface area contributed by atoms with E-state index < -0.39 is 5.83 Å². The van der Waals surface area contributed by atoms with Crippen LogP contribution in [-0.4, -0.2) is 37.8 Å². The van der Waals surface area contributed by atoms with Gasteiger partial charge >= 0.3 is 0 Å². The predicted octanol–water partition coefficient (Wildman–Crippen LogP) is 5.60. The number of aliphatic imine (C=N–C) groups is 1. The van der Waals surface area contributed by atoms with Gasteiger partial charge in [0, 0.05) is 24.2 Å². The van der Waals surface area contributed by atoms with E-state index in [1.165, 1.54) is 12.1 Å². The average molecular weight is 450 g/mol. The molecule has 0 unspecified atom stereocenters. The molecule has 4 rings (SSSR count). The summed E-state index contributed by atoms with van der Waals surface area (Å²) < 4.78 is 29.9. The van der Waals surface area contributed by atoms with Gasteiger partial charge < -0.3 is 14.9 Å². The van der Waals surface area contributed by atoms with Crippen molar-refractivity contribution in [2.75, 3.05) is 11.9 Å². The standard InChI is InChI=1S/C24H25F2N7/c1-14(2)33-13-30-21-23(31-22(32-24(21)33)15(3)10-17(25)12-27-4)28-9-8-16-11-29-20-18(16)6-5-7-19(20)26/h5-7,10-14,29H,4,8-9H2,1-3H3,(H,28,31,32)/b15-10+,17-12+. The van der Waals surface area contributed by atoms with E-state index in [1.807, 2.05) is 30.7 Å². The number of halogens is 2. The third-order valence-corrected chi connectivity index (χ3v) is 5.34. The minimum atomic E-state index is -0.537. The van der Waals surface area contributed by atoms with Crippen LogP contribution in [0.5, 0.6) is 0 Å². The van der Waals surface area contributed by atoms with Gasteiger partial charge in [-0.3, -0.25) is 4.99 Å². The number of fused-ring (bicyclic) bond motifs is 2. The van der Waals surface area contributed by atoms with Crippen molar-refractivity contribution in [1.82, 2.24) is 24.5 Å². The number of benzene rings is 1. The lowest BCUT2D eigenvalue weighted by Gasteiger charge is -2.11. The highest BCUT2D eigenvalue weighted by atomic mass is 19.1. The molecule has 0 saturated heterocycles. The van der Waals surface area contributed by atoms with Gasteiger partial charge in [0.2, 0.25) is 0 Å². The monoisotopic (exact) mass is 449 g/mol. The summed E-state index contributed by atoms with van der Waals surface area (Å²) in [6.45, 7) is 9.61. The molecule has 0 radical (unpaired) electrons. The van der Waals surface area contributed by atoms with E-state index in [9.17, 15) is 8.78 Å². The summed E-state index contributed by atoms with van der Waals surface area (Å²) in [7, 11) is 0. The minimum absolute atomic E-state index is 0.137.